The van der Waals surface area contributed by atoms with Crippen LogP contribution in [-0.2, 0) is 16.1 Å². The zero-order chi connectivity index (χ0) is 17.4. The van der Waals surface area contributed by atoms with Crippen LogP contribution in [0, 0.1) is 0 Å². The molecule has 0 heterocycles. The molecule has 0 aliphatic carbocycles. The van der Waals surface area contributed by atoms with Crippen molar-refractivity contribution in [1.29, 1.82) is 0 Å². The lowest BCUT2D eigenvalue weighted by Gasteiger charge is -2.10. The summed E-state index contributed by atoms with van der Waals surface area (Å²) in [6.07, 6.45) is 0. The maximum atomic E-state index is 12.1. The minimum Gasteiger partial charge on any atom is -0.493 e. The van der Waals surface area contributed by atoms with Crippen LogP contribution in [0.4, 0.5) is 0 Å². The lowest BCUT2D eigenvalue weighted by Crippen LogP contribution is -2.30. The first-order chi connectivity index (χ1) is 11.6. The van der Waals surface area contributed by atoms with Gasteiger partial charge in [0, 0.05) is 5.02 Å². The van der Waals surface area contributed by atoms with Gasteiger partial charge in [0.2, 0.25) is 0 Å². The number of benzene rings is 2. The molecule has 126 valence electrons. The van der Waals surface area contributed by atoms with Gasteiger partial charge >= 0.3 is 5.97 Å². The monoisotopic (exact) mass is 347 g/mol. The summed E-state index contributed by atoms with van der Waals surface area (Å²) < 4.78 is 10.5. The third kappa shape index (κ3) is 5.28. The molecule has 0 atom stereocenters. The summed E-state index contributed by atoms with van der Waals surface area (Å²) in [4.78, 5) is 23.9. The van der Waals surface area contributed by atoms with Crippen LogP contribution < -0.4 is 10.1 Å². The van der Waals surface area contributed by atoms with E-state index in [1.807, 2.05) is 6.92 Å². The van der Waals surface area contributed by atoms with Crippen molar-refractivity contribution >= 4 is 23.5 Å². The molecule has 0 bridgehead atoms. The van der Waals surface area contributed by atoms with E-state index in [0.29, 0.717) is 22.9 Å². The van der Waals surface area contributed by atoms with E-state index >= 15 is 0 Å². The highest BCUT2D eigenvalue weighted by Gasteiger charge is 2.13. The van der Waals surface area contributed by atoms with E-state index in [1.165, 1.54) is 0 Å². The molecule has 1 N–H and O–H groups in total. The lowest BCUT2D eigenvalue weighted by atomic mass is 10.2. The Hall–Kier alpha value is -2.53. The molecule has 2 aromatic carbocycles. The van der Waals surface area contributed by atoms with E-state index in [2.05, 4.69) is 5.32 Å². The molecule has 0 aliphatic rings. The van der Waals surface area contributed by atoms with Crippen molar-refractivity contribution in [2.45, 2.75) is 13.5 Å². The minimum atomic E-state index is -0.521. The van der Waals surface area contributed by atoms with E-state index in [0.717, 1.165) is 5.56 Å². The number of halogens is 1. The number of nitrogens with one attached hydrogen (secondary N) is 1. The molecular formula is C18H18ClNO4. The third-order valence-electron chi connectivity index (χ3n) is 3.14. The molecule has 5 nitrogen and oxygen atoms in total. The van der Waals surface area contributed by atoms with Crippen molar-refractivity contribution in [2.75, 3.05) is 13.2 Å². The second kappa shape index (κ2) is 8.93. The van der Waals surface area contributed by atoms with Gasteiger partial charge < -0.3 is 14.8 Å². The van der Waals surface area contributed by atoms with Crippen molar-refractivity contribution in [2.24, 2.45) is 0 Å². The Morgan fingerprint density at radius 2 is 1.79 bits per heavy atom. The van der Waals surface area contributed by atoms with Crippen LogP contribution in [0.5, 0.6) is 5.75 Å². The molecule has 0 saturated heterocycles. The van der Waals surface area contributed by atoms with Gasteiger partial charge in [-0.3, -0.25) is 9.59 Å². The Labute approximate surface area is 145 Å². The minimum absolute atomic E-state index is 0.126. The van der Waals surface area contributed by atoms with Gasteiger partial charge in [0.25, 0.3) is 5.91 Å². The molecule has 0 fully saturated rings. The van der Waals surface area contributed by atoms with Gasteiger partial charge in [-0.05, 0) is 36.8 Å². The highest BCUT2D eigenvalue weighted by molar-refractivity contribution is 6.30. The highest BCUT2D eigenvalue weighted by atomic mass is 35.5. The Bertz CT molecular complexity index is 700. The van der Waals surface area contributed by atoms with Crippen molar-refractivity contribution in [3.8, 4) is 5.75 Å². The topological polar surface area (TPSA) is 64.6 Å². The smallest absolute Gasteiger partial charge is 0.325 e. The average Bonchev–Trinajstić information content (AvgIpc) is 2.60. The quantitative estimate of drug-likeness (QED) is 0.781. The van der Waals surface area contributed by atoms with Crippen LogP contribution in [0.15, 0.2) is 48.5 Å². The van der Waals surface area contributed by atoms with Crippen LogP contribution in [0.2, 0.25) is 5.02 Å². The molecule has 2 rings (SSSR count). The normalized spacial score (nSPS) is 10.1. The molecule has 1 amide bonds. The number of amides is 1. The zero-order valence-electron chi connectivity index (χ0n) is 13.3. The summed E-state index contributed by atoms with van der Waals surface area (Å²) in [6.45, 7) is 2.20. The second-order valence-corrected chi connectivity index (χ2v) is 5.34. The fraction of sp³-hybridized carbons (Fsp3) is 0.222. The van der Waals surface area contributed by atoms with Crippen LogP contribution >= 0.6 is 11.6 Å². The number of esters is 1. The average molecular weight is 348 g/mol. The van der Waals surface area contributed by atoms with Gasteiger partial charge in [0.1, 0.15) is 18.9 Å². The Kier molecular flexibility index (Phi) is 6.63. The van der Waals surface area contributed by atoms with E-state index in [-0.39, 0.29) is 19.1 Å². The maximum Gasteiger partial charge on any atom is 0.325 e. The molecule has 2 aromatic rings. The fourth-order valence-electron chi connectivity index (χ4n) is 1.98. The summed E-state index contributed by atoms with van der Waals surface area (Å²) in [5.74, 6) is -0.429. The largest absolute Gasteiger partial charge is 0.493 e. The standard InChI is InChI=1S/C18H18ClNO4/c1-2-23-16-6-4-3-5-15(16)18(22)20-11-17(21)24-12-13-7-9-14(19)10-8-13/h3-10H,2,11-12H2,1H3,(H,20,22). The first kappa shape index (κ1) is 17.8. The molecule has 6 heteroatoms. The first-order valence-electron chi connectivity index (χ1n) is 7.50. The molecule has 24 heavy (non-hydrogen) atoms. The van der Waals surface area contributed by atoms with Gasteiger partial charge in [-0.2, -0.15) is 0 Å². The summed E-state index contributed by atoms with van der Waals surface area (Å²) in [5.41, 5.74) is 1.20. The number of ether oxygens (including phenoxy) is 2. The number of rotatable bonds is 7. The van der Waals surface area contributed by atoms with Crippen molar-refractivity contribution in [1.82, 2.24) is 5.32 Å². The Balaban J connectivity index is 1.83. The SMILES string of the molecule is CCOc1ccccc1C(=O)NCC(=O)OCc1ccc(Cl)cc1. The van der Waals surface area contributed by atoms with Crippen molar-refractivity contribution in [3.63, 3.8) is 0 Å². The molecule has 0 radical (unpaired) electrons. The molecule has 0 spiro atoms. The number of carbonyl (C=O) groups is 2. The van der Waals surface area contributed by atoms with Crippen LogP contribution in [0.1, 0.15) is 22.8 Å². The van der Waals surface area contributed by atoms with Crippen LogP contribution in [0.25, 0.3) is 0 Å². The zero-order valence-corrected chi connectivity index (χ0v) is 14.0. The van der Waals surface area contributed by atoms with E-state index in [9.17, 15) is 9.59 Å². The number of hydrogen-bond donors (Lipinski definition) is 1. The van der Waals surface area contributed by atoms with E-state index < -0.39 is 5.97 Å². The van der Waals surface area contributed by atoms with Gasteiger partial charge in [-0.15, -0.1) is 0 Å². The predicted molar refractivity (Wildman–Crippen MR) is 91.2 cm³/mol. The van der Waals surface area contributed by atoms with Gasteiger partial charge in [0.15, 0.2) is 0 Å². The molecule has 0 aromatic heterocycles. The lowest BCUT2D eigenvalue weighted by molar-refractivity contribution is -0.143. The van der Waals surface area contributed by atoms with Crippen molar-refractivity contribution in [3.05, 3.63) is 64.7 Å². The Morgan fingerprint density at radius 1 is 1.08 bits per heavy atom. The maximum absolute atomic E-state index is 12.1. The van der Waals surface area contributed by atoms with Crippen LogP contribution in [-0.4, -0.2) is 25.0 Å². The second-order valence-electron chi connectivity index (χ2n) is 4.90. The summed E-state index contributed by atoms with van der Waals surface area (Å²) in [5, 5.41) is 3.14. The summed E-state index contributed by atoms with van der Waals surface area (Å²) in [7, 11) is 0. The molecular weight excluding hydrogens is 330 g/mol. The first-order valence-corrected chi connectivity index (χ1v) is 7.88. The molecule has 0 aliphatic heterocycles. The van der Waals surface area contributed by atoms with Gasteiger partial charge in [0.05, 0.1) is 12.2 Å². The summed E-state index contributed by atoms with van der Waals surface area (Å²) in [6, 6.07) is 13.8. The molecule has 0 unspecified atom stereocenters. The van der Waals surface area contributed by atoms with E-state index in [4.69, 9.17) is 21.1 Å². The highest BCUT2D eigenvalue weighted by Crippen LogP contribution is 2.17. The van der Waals surface area contributed by atoms with Gasteiger partial charge in [-0.1, -0.05) is 35.9 Å². The summed E-state index contributed by atoms with van der Waals surface area (Å²) >= 11 is 5.79. The fourth-order valence-corrected chi connectivity index (χ4v) is 2.10. The predicted octanol–water partition coefficient (Wildman–Crippen LogP) is 3.21. The third-order valence-corrected chi connectivity index (χ3v) is 3.39. The molecule has 0 saturated carbocycles. The Morgan fingerprint density at radius 3 is 2.50 bits per heavy atom. The van der Waals surface area contributed by atoms with Crippen LogP contribution in [0.3, 0.4) is 0 Å². The number of para-hydroxylation sites is 1. The van der Waals surface area contributed by atoms with E-state index in [1.54, 1.807) is 48.5 Å². The number of carbonyl (C=O) groups excluding carboxylic acids is 2. The number of hydrogen-bond acceptors (Lipinski definition) is 4. The van der Waals surface area contributed by atoms with Crippen molar-refractivity contribution < 1.29 is 19.1 Å². The van der Waals surface area contributed by atoms with Gasteiger partial charge in [-0.25, -0.2) is 0 Å².